The summed E-state index contributed by atoms with van der Waals surface area (Å²) in [6, 6.07) is 3.48. The van der Waals surface area contributed by atoms with Crippen molar-refractivity contribution in [1.82, 2.24) is 14.8 Å². The van der Waals surface area contributed by atoms with Gasteiger partial charge in [-0.15, -0.1) is 9.78 Å². The molecule has 0 saturated heterocycles. The molecule has 0 atom stereocenters. The van der Waals surface area contributed by atoms with Gasteiger partial charge in [0.2, 0.25) is 0 Å². The first kappa shape index (κ1) is 11.9. The van der Waals surface area contributed by atoms with E-state index in [9.17, 15) is 4.79 Å². The van der Waals surface area contributed by atoms with E-state index >= 15 is 0 Å². The summed E-state index contributed by atoms with van der Waals surface area (Å²) in [5.41, 5.74) is -0.192. The smallest absolute Gasteiger partial charge is 0.437 e. The Labute approximate surface area is 103 Å². The van der Waals surface area contributed by atoms with Crippen molar-refractivity contribution in [1.29, 1.82) is 0 Å². The zero-order valence-electron chi connectivity index (χ0n) is 9.77. The minimum absolute atomic E-state index is 0.235. The predicted molar refractivity (Wildman–Crippen MR) is 64.2 cm³/mol. The SMILES string of the molecule is CC(C)(C)OC(=O)n1nc(Cl)c2cccnc21. The van der Waals surface area contributed by atoms with E-state index in [1.54, 1.807) is 39.1 Å². The molecule has 0 unspecified atom stereocenters. The van der Waals surface area contributed by atoms with E-state index in [1.807, 2.05) is 0 Å². The van der Waals surface area contributed by atoms with Crippen LogP contribution in [-0.2, 0) is 4.74 Å². The van der Waals surface area contributed by atoms with Crippen LogP contribution >= 0.6 is 11.6 Å². The van der Waals surface area contributed by atoms with Crippen LogP contribution in [0.15, 0.2) is 18.3 Å². The number of ether oxygens (including phenoxy) is 1. The fourth-order valence-corrected chi connectivity index (χ4v) is 1.57. The highest BCUT2D eigenvalue weighted by atomic mass is 35.5. The standard InChI is InChI=1S/C11H12ClN3O2/c1-11(2,3)17-10(16)15-9-7(8(12)14-15)5-4-6-13-9/h4-6H,1-3H3. The highest BCUT2D eigenvalue weighted by molar-refractivity contribution is 6.34. The second kappa shape index (κ2) is 4.00. The molecule has 2 heterocycles. The van der Waals surface area contributed by atoms with E-state index in [0.29, 0.717) is 11.0 Å². The lowest BCUT2D eigenvalue weighted by atomic mass is 10.2. The molecule has 0 bridgehead atoms. The number of aromatic nitrogens is 3. The maximum atomic E-state index is 11.9. The molecular formula is C11H12ClN3O2. The Morgan fingerprint density at radius 2 is 2.18 bits per heavy atom. The minimum atomic E-state index is -0.590. The minimum Gasteiger partial charge on any atom is -0.442 e. The van der Waals surface area contributed by atoms with Crippen LogP contribution in [0, 0.1) is 0 Å². The Kier molecular flexibility index (Phi) is 2.79. The van der Waals surface area contributed by atoms with E-state index in [1.165, 1.54) is 0 Å². The molecule has 0 amide bonds. The largest absolute Gasteiger partial charge is 0.442 e. The van der Waals surface area contributed by atoms with Crippen molar-refractivity contribution < 1.29 is 9.53 Å². The second-order valence-electron chi connectivity index (χ2n) is 4.56. The molecule has 90 valence electrons. The molecule has 2 aromatic heterocycles. The fourth-order valence-electron chi connectivity index (χ4n) is 1.35. The summed E-state index contributed by atoms with van der Waals surface area (Å²) in [6.45, 7) is 5.35. The van der Waals surface area contributed by atoms with Gasteiger partial charge in [-0.2, -0.15) is 0 Å². The number of carbonyl (C=O) groups excluding carboxylic acids is 1. The van der Waals surface area contributed by atoms with Crippen molar-refractivity contribution in [2.45, 2.75) is 26.4 Å². The number of rotatable bonds is 0. The summed E-state index contributed by atoms with van der Waals surface area (Å²) in [4.78, 5) is 15.9. The average Bonchev–Trinajstić information content (AvgIpc) is 2.55. The Balaban J connectivity index is 2.46. The van der Waals surface area contributed by atoms with Crippen LogP contribution in [-0.4, -0.2) is 26.5 Å². The van der Waals surface area contributed by atoms with Gasteiger partial charge in [0.1, 0.15) is 5.60 Å². The van der Waals surface area contributed by atoms with E-state index in [2.05, 4.69) is 10.1 Å². The molecule has 2 aromatic rings. The van der Waals surface area contributed by atoms with Crippen molar-refractivity contribution in [3.8, 4) is 0 Å². The van der Waals surface area contributed by atoms with Crippen LogP contribution in [0.25, 0.3) is 11.0 Å². The highest BCUT2D eigenvalue weighted by Gasteiger charge is 2.22. The van der Waals surface area contributed by atoms with Gasteiger partial charge >= 0.3 is 6.09 Å². The molecule has 5 nitrogen and oxygen atoms in total. The van der Waals surface area contributed by atoms with Crippen molar-refractivity contribution in [3.05, 3.63) is 23.5 Å². The third-order valence-corrected chi connectivity index (χ3v) is 2.24. The van der Waals surface area contributed by atoms with E-state index < -0.39 is 11.7 Å². The Hall–Kier alpha value is -1.62. The van der Waals surface area contributed by atoms with Crippen LogP contribution in [0.4, 0.5) is 4.79 Å². The summed E-state index contributed by atoms with van der Waals surface area (Å²) in [6.07, 6.45) is 0.981. The Morgan fingerprint density at radius 3 is 2.82 bits per heavy atom. The molecule has 0 aliphatic heterocycles. The summed E-state index contributed by atoms with van der Waals surface area (Å²) in [5, 5.41) is 4.78. The molecule has 0 spiro atoms. The molecular weight excluding hydrogens is 242 g/mol. The van der Waals surface area contributed by atoms with Crippen molar-refractivity contribution in [3.63, 3.8) is 0 Å². The molecule has 0 aliphatic carbocycles. The number of halogens is 1. The van der Waals surface area contributed by atoms with Gasteiger partial charge < -0.3 is 4.74 Å². The third-order valence-electron chi connectivity index (χ3n) is 1.96. The van der Waals surface area contributed by atoms with Crippen LogP contribution in [0.1, 0.15) is 20.8 Å². The zero-order chi connectivity index (χ0) is 12.6. The van der Waals surface area contributed by atoms with Crippen LogP contribution in [0.3, 0.4) is 0 Å². The second-order valence-corrected chi connectivity index (χ2v) is 4.92. The molecule has 0 N–H and O–H groups in total. The topological polar surface area (TPSA) is 57.0 Å². The van der Waals surface area contributed by atoms with Gasteiger partial charge in [-0.05, 0) is 32.9 Å². The van der Waals surface area contributed by atoms with Gasteiger partial charge in [0.25, 0.3) is 0 Å². The molecule has 0 aliphatic rings. The van der Waals surface area contributed by atoms with Gasteiger partial charge in [0.15, 0.2) is 10.8 Å². The van der Waals surface area contributed by atoms with Gasteiger partial charge in [0.05, 0.1) is 5.39 Å². The average molecular weight is 254 g/mol. The monoisotopic (exact) mass is 253 g/mol. The molecule has 2 rings (SSSR count). The summed E-state index contributed by atoms with van der Waals surface area (Å²) in [5.74, 6) is 0. The fraction of sp³-hybridized carbons (Fsp3) is 0.364. The number of fused-ring (bicyclic) bond motifs is 1. The summed E-state index contributed by atoms with van der Waals surface area (Å²) in [7, 11) is 0. The van der Waals surface area contributed by atoms with Gasteiger partial charge in [0, 0.05) is 6.20 Å². The molecule has 0 aromatic carbocycles. The molecule has 0 saturated carbocycles. The lowest BCUT2D eigenvalue weighted by molar-refractivity contribution is 0.0522. The maximum Gasteiger partial charge on any atom is 0.437 e. The van der Waals surface area contributed by atoms with Gasteiger partial charge in [-0.25, -0.2) is 9.78 Å². The predicted octanol–water partition coefficient (Wildman–Crippen LogP) is 2.87. The normalized spacial score (nSPS) is 11.8. The first-order valence-corrected chi connectivity index (χ1v) is 5.49. The molecule has 6 heteroatoms. The van der Waals surface area contributed by atoms with Gasteiger partial charge in [-0.3, -0.25) is 0 Å². The molecule has 17 heavy (non-hydrogen) atoms. The molecule has 0 radical (unpaired) electrons. The van der Waals surface area contributed by atoms with E-state index in [-0.39, 0.29) is 5.15 Å². The maximum absolute atomic E-state index is 11.9. The summed E-state index contributed by atoms with van der Waals surface area (Å²) < 4.78 is 6.28. The third kappa shape index (κ3) is 2.39. The van der Waals surface area contributed by atoms with Crippen molar-refractivity contribution >= 4 is 28.7 Å². The van der Waals surface area contributed by atoms with Crippen molar-refractivity contribution in [2.75, 3.05) is 0 Å². The number of carbonyl (C=O) groups is 1. The van der Waals surface area contributed by atoms with Gasteiger partial charge in [-0.1, -0.05) is 11.6 Å². The van der Waals surface area contributed by atoms with Crippen LogP contribution < -0.4 is 0 Å². The number of hydrogen-bond donors (Lipinski definition) is 0. The highest BCUT2D eigenvalue weighted by Crippen LogP contribution is 2.21. The number of hydrogen-bond acceptors (Lipinski definition) is 4. The quantitative estimate of drug-likeness (QED) is 0.724. The molecule has 0 fully saturated rings. The lowest BCUT2D eigenvalue weighted by Crippen LogP contribution is -2.27. The summed E-state index contributed by atoms with van der Waals surface area (Å²) >= 11 is 5.91. The van der Waals surface area contributed by atoms with Crippen LogP contribution in [0.5, 0.6) is 0 Å². The van der Waals surface area contributed by atoms with E-state index in [0.717, 1.165) is 4.68 Å². The number of pyridine rings is 1. The first-order valence-electron chi connectivity index (χ1n) is 5.11. The Bertz CT molecular complexity index is 572. The zero-order valence-corrected chi connectivity index (χ0v) is 10.5. The first-order chi connectivity index (χ1) is 7.88. The van der Waals surface area contributed by atoms with Crippen LogP contribution in [0.2, 0.25) is 5.15 Å². The van der Waals surface area contributed by atoms with E-state index in [4.69, 9.17) is 16.3 Å². The van der Waals surface area contributed by atoms with Crippen molar-refractivity contribution in [2.24, 2.45) is 0 Å². The lowest BCUT2D eigenvalue weighted by Gasteiger charge is -2.18. The Morgan fingerprint density at radius 1 is 1.47 bits per heavy atom. The number of nitrogens with zero attached hydrogens (tertiary/aromatic N) is 3.